The van der Waals surface area contributed by atoms with Crippen molar-refractivity contribution in [2.75, 3.05) is 11.5 Å². The first kappa shape index (κ1) is 24.4. The first-order valence-electron chi connectivity index (χ1n) is 9.07. The number of thioether (sulfide) groups is 1. The molecule has 160 valence electrons. The van der Waals surface area contributed by atoms with Gasteiger partial charge in [0.2, 0.25) is 0 Å². The van der Waals surface area contributed by atoms with Gasteiger partial charge in [0.1, 0.15) is 21.2 Å². The van der Waals surface area contributed by atoms with Crippen LogP contribution in [0.2, 0.25) is 0 Å². The van der Waals surface area contributed by atoms with Gasteiger partial charge in [0, 0.05) is 10.6 Å². The Morgan fingerprint density at radius 2 is 1.93 bits per heavy atom. The SMILES string of the molecule is CC#CCSCC(NC(=O)OC(C)(C)C)C(=O)Oc1ccc(-c2cc(=S)ss2)cc1. The normalized spacial score (nSPS) is 11.7. The number of carbonyl (C=O) groups excluding carboxylic acids is 2. The van der Waals surface area contributed by atoms with E-state index in [2.05, 4.69) is 17.2 Å². The number of ether oxygens (including phenoxy) is 2. The number of amides is 1. The Balaban J connectivity index is 2.04. The molecule has 1 aromatic carbocycles. The molecule has 0 saturated carbocycles. The number of rotatable bonds is 7. The molecule has 0 aliphatic rings. The molecule has 0 fully saturated rings. The molecule has 1 unspecified atom stereocenters. The summed E-state index contributed by atoms with van der Waals surface area (Å²) in [5.41, 5.74) is 0.340. The quantitative estimate of drug-likeness (QED) is 0.135. The molecule has 0 aliphatic carbocycles. The molecule has 1 atom stereocenters. The third-order valence-corrected chi connectivity index (χ3v) is 7.26. The maximum atomic E-state index is 12.7. The topological polar surface area (TPSA) is 64.6 Å². The predicted octanol–water partition coefficient (Wildman–Crippen LogP) is 5.76. The fraction of sp³-hybridized carbons (Fsp3) is 0.381. The monoisotopic (exact) mass is 481 g/mol. The summed E-state index contributed by atoms with van der Waals surface area (Å²) in [6.07, 6.45) is -0.666. The van der Waals surface area contributed by atoms with E-state index in [4.69, 9.17) is 21.7 Å². The lowest BCUT2D eigenvalue weighted by molar-refractivity contribution is -0.136. The zero-order valence-corrected chi connectivity index (χ0v) is 20.4. The van der Waals surface area contributed by atoms with Crippen molar-refractivity contribution in [3.8, 4) is 28.0 Å². The lowest BCUT2D eigenvalue weighted by Gasteiger charge is -2.22. The molecule has 5 nitrogen and oxygen atoms in total. The third-order valence-electron chi connectivity index (χ3n) is 3.43. The molecule has 2 rings (SSSR count). The van der Waals surface area contributed by atoms with E-state index in [0.717, 1.165) is 14.3 Å². The maximum Gasteiger partial charge on any atom is 0.408 e. The Morgan fingerprint density at radius 1 is 1.23 bits per heavy atom. The summed E-state index contributed by atoms with van der Waals surface area (Å²) >= 11 is 6.60. The van der Waals surface area contributed by atoms with Gasteiger partial charge in [-0.2, -0.15) is 0 Å². The molecule has 1 N–H and O–H groups in total. The molecule has 0 bridgehead atoms. The maximum absolute atomic E-state index is 12.7. The van der Waals surface area contributed by atoms with Crippen molar-refractivity contribution in [1.82, 2.24) is 5.32 Å². The summed E-state index contributed by atoms with van der Waals surface area (Å²) in [4.78, 5) is 25.9. The van der Waals surface area contributed by atoms with Crippen LogP contribution in [0.1, 0.15) is 27.7 Å². The summed E-state index contributed by atoms with van der Waals surface area (Å²) in [5, 5.41) is 2.60. The van der Waals surface area contributed by atoms with Gasteiger partial charge in [-0.25, -0.2) is 9.59 Å². The number of benzene rings is 1. The highest BCUT2D eigenvalue weighted by molar-refractivity contribution is 7.99. The Bertz CT molecular complexity index is 977. The first-order chi connectivity index (χ1) is 14.2. The molecule has 0 aliphatic heterocycles. The smallest absolute Gasteiger partial charge is 0.408 e. The van der Waals surface area contributed by atoms with Crippen LogP contribution < -0.4 is 10.1 Å². The van der Waals surface area contributed by atoms with E-state index in [1.54, 1.807) is 60.5 Å². The third kappa shape index (κ3) is 8.48. The zero-order chi connectivity index (χ0) is 22.1. The van der Waals surface area contributed by atoms with Gasteiger partial charge in [0.05, 0.1) is 5.75 Å². The van der Waals surface area contributed by atoms with Crippen LogP contribution in [0.5, 0.6) is 5.75 Å². The second-order valence-corrected chi connectivity index (χ2v) is 11.0. The van der Waals surface area contributed by atoms with Gasteiger partial charge < -0.3 is 14.8 Å². The van der Waals surface area contributed by atoms with Crippen LogP contribution in [0.4, 0.5) is 4.79 Å². The largest absolute Gasteiger partial charge is 0.444 e. The molecular weight excluding hydrogens is 459 g/mol. The first-order valence-corrected chi connectivity index (χ1v) is 12.8. The molecule has 1 aromatic heterocycles. The van der Waals surface area contributed by atoms with Crippen molar-refractivity contribution in [3.05, 3.63) is 34.2 Å². The average molecular weight is 482 g/mol. The van der Waals surface area contributed by atoms with Gasteiger partial charge in [0.15, 0.2) is 0 Å². The lowest BCUT2D eigenvalue weighted by Crippen LogP contribution is -2.46. The van der Waals surface area contributed by atoms with E-state index >= 15 is 0 Å². The van der Waals surface area contributed by atoms with Crippen molar-refractivity contribution in [3.63, 3.8) is 0 Å². The van der Waals surface area contributed by atoms with Crippen molar-refractivity contribution < 1.29 is 19.1 Å². The van der Waals surface area contributed by atoms with Crippen LogP contribution in [0.3, 0.4) is 0 Å². The molecular formula is C21H23NO4S4. The summed E-state index contributed by atoms with van der Waals surface area (Å²) < 4.78 is 11.6. The summed E-state index contributed by atoms with van der Waals surface area (Å²) in [5.74, 6) is 6.43. The number of hydrogen-bond donors (Lipinski definition) is 1. The minimum Gasteiger partial charge on any atom is -0.444 e. The minimum absolute atomic E-state index is 0.322. The van der Waals surface area contributed by atoms with Crippen LogP contribution in [-0.4, -0.2) is 35.2 Å². The molecule has 2 aromatic rings. The lowest BCUT2D eigenvalue weighted by atomic mass is 10.2. The van der Waals surface area contributed by atoms with Crippen LogP contribution in [0, 0.1) is 15.7 Å². The number of nitrogens with one attached hydrogen (secondary N) is 1. The molecule has 9 heteroatoms. The number of alkyl carbamates (subject to hydrolysis) is 1. The van der Waals surface area contributed by atoms with Crippen molar-refractivity contribution in [1.29, 1.82) is 0 Å². The molecule has 0 saturated heterocycles. The van der Waals surface area contributed by atoms with Crippen molar-refractivity contribution >= 4 is 56.7 Å². The number of carbonyl (C=O) groups is 2. The summed E-state index contributed by atoms with van der Waals surface area (Å²) in [7, 11) is 3.15. The molecule has 1 heterocycles. The fourth-order valence-electron chi connectivity index (χ4n) is 2.17. The van der Waals surface area contributed by atoms with Crippen LogP contribution in [0.25, 0.3) is 10.4 Å². The standard InChI is InChI=1S/C21H23NO4S4/c1-5-6-11-28-13-16(22-20(24)26-21(2,3)4)19(23)25-15-9-7-14(8-10-15)17-12-18(27)30-29-17/h7-10,12,16H,11,13H2,1-4H3,(H,22,24). The van der Waals surface area contributed by atoms with Gasteiger partial charge >= 0.3 is 12.1 Å². The van der Waals surface area contributed by atoms with E-state index in [0.29, 0.717) is 17.3 Å². The van der Waals surface area contributed by atoms with E-state index in [-0.39, 0.29) is 0 Å². The summed E-state index contributed by atoms with van der Waals surface area (Å²) in [6, 6.07) is 8.28. The van der Waals surface area contributed by atoms with Gasteiger partial charge in [-0.15, -0.1) is 17.7 Å². The Hall–Kier alpha value is -1.86. The van der Waals surface area contributed by atoms with E-state index in [1.807, 2.05) is 18.2 Å². The Kier molecular flexibility index (Phi) is 9.37. The highest BCUT2D eigenvalue weighted by Crippen LogP contribution is 2.30. The van der Waals surface area contributed by atoms with Crippen LogP contribution in [-0.2, 0) is 9.53 Å². The predicted molar refractivity (Wildman–Crippen MR) is 128 cm³/mol. The molecule has 30 heavy (non-hydrogen) atoms. The van der Waals surface area contributed by atoms with Gasteiger partial charge in [-0.3, -0.25) is 0 Å². The van der Waals surface area contributed by atoms with Crippen molar-refractivity contribution in [2.24, 2.45) is 0 Å². The molecule has 1 amide bonds. The number of esters is 1. The van der Waals surface area contributed by atoms with E-state index in [1.165, 1.54) is 11.8 Å². The summed E-state index contributed by atoms with van der Waals surface area (Å²) in [6.45, 7) is 7.03. The highest BCUT2D eigenvalue weighted by Gasteiger charge is 2.26. The second-order valence-electron chi connectivity index (χ2n) is 7.08. The van der Waals surface area contributed by atoms with Crippen LogP contribution >= 0.6 is 44.7 Å². The zero-order valence-electron chi connectivity index (χ0n) is 17.1. The Morgan fingerprint density at radius 3 is 2.50 bits per heavy atom. The van der Waals surface area contributed by atoms with Gasteiger partial charge in [-0.05, 0) is 63.6 Å². The molecule has 0 radical (unpaired) electrons. The molecule has 0 spiro atoms. The van der Waals surface area contributed by atoms with E-state index in [9.17, 15) is 9.59 Å². The van der Waals surface area contributed by atoms with Gasteiger partial charge in [-0.1, -0.05) is 38.8 Å². The Labute approximate surface area is 193 Å². The fourth-order valence-corrected chi connectivity index (χ4v) is 5.39. The average Bonchev–Trinajstić information content (AvgIpc) is 3.09. The van der Waals surface area contributed by atoms with Crippen LogP contribution in [0.15, 0.2) is 30.3 Å². The minimum atomic E-state index is -0.856. The highest BCUT2D eigenvalue weighted by atomic mass is 32.9. The second kappa shape index (κ2) is 11.5. The van der Waals surface area contributed by atoms with Gasteiger partial charge in [0.25, 0.3) is 0 Å². The van der Waals surface area contributed by atoms with E-state index < -0.39 is 23.7 Å². The van der Waals surface area contributed by atoms with Crippen molar-refractivity contribution in [2.45, 2.75) is 39.3 Å². The number of hydrogen-bond acceptors (Lipinski definition) is 8.